The van der Waals surface area contributed by atoms with E-state index in [4.69, 9.17) is 0 Å². The van der Waals surface area contributed by atoms with Gasteiger partial charge in [0.05, 0.1) is 6.54 Å². The van der Waals surface area contributed by atoms with Crippen LogP contribution in [-0.4, -0.2) is 16.2 Å². The summed E-state index contributed by atoms with van der Waals surface area (Å²) in [6, 6.07) is 16.0. The van der Waals surface area contributed by atoms with Crippen LogP contribution in [0.4, 0.5) is 0 Å². The van der Waals surface area contributed by atoms with E-state index in [0.717, 1.165) is 10.5 Å². The van der Waals surface area contributed by atoms with Crippen molar-refractivity contribution < 1.29 is 10.0 Å². The molecule has 0 bridgehead atoms. The lowest BCUT2D eigenvalue weighted by Crippen LogP contribution is -2.26. The molecule has 4 heteroatoms. The standard InChI is InChI=1S/C14H13NO2S/c16-14(12-4-2-1-3-5-12)15(17)10-11-6-8-13(18)9-7-11/h1-9,17-18H,10H2. The van der Waals surface area contributed by atoms with Gasteiger partial charge in [-0.2, -0.15) is 0 Å². The van der Waals surface area contributed by atoms with Crippen molar-refractivity contribution in [3.05, 3.63) is 65.7 Å². The van der Waals surface area contributed by atoms with Crippen LogP contribution in [0.25, 0.3) is 0 Å². The lowest BCUT2D eigenvalue weighted by atomic mass is 10.2. The summed E-state index contributed by atoms with van der Waals surface area (Å²) in [7, 11) is 0. The van der Waals surface area contributed by atoms with Gasteiger partial charge in [-0.25, -0.2) is 5.06 Å². The zero-order valence-electron chi connectivity index (χ0n) is 9.65. The van der Waals surface area contributed by atoms with Crippen LogP contribution in [0.3, 0.4) is 0 Å². The maximum Gasteiger partial charge on any atom is 0.277 e. The molecule has 0 aromatic heterocycles. The van der Waals surface area contributed by atoms with Crippen molar-refractivity contribution in [2.75, 3.05) is 0 Å². The third kappa shape index (κ3) is 3.12. The third-order valence-electron chi connectivity index (χ3n) is 2.52. The van der Waals surface area contributed by atoms with E-state index >= 15 is 0 Å². The fraction of sp³-hybridized carbons (Fsp3) is 0.0714. The molecular formula is C14H13NO2S. The van der Waals surface area contributed by atoms with Crippen LogP contribution in [-0.2, 0) is 6.54 Å². The highest BCUT2D eigenvalue weighted by atomic mass is 32.1. The quantitative estimate of drug-likeness (QED) is 0.505. The summed E-state index contributed by atoms with van der Waals surface area (Å²) in [4.78, 5) is 12.7. The minimum atomic E-state index is -0.412. The van der Waals surface area contributed by atoms with Crippen molar-refractivity contribution >= 4 is 18.5 Å². The minimum absolute atomic E-state index is 0.155. The van der Waals surface area contributed by atoms with Crippen LogP contribution < -0.4 is 0 Å². The van der Waals surface area contributed by atoms with E-state index in [1.54, 1.807) is 24.3 Å². The van der Waals surface area contributed by atoms with E-state index in [-0.39, 0.29) is 6.54 Å². The maximum absolute atomic E-state index is 11.9. The monoisotopic (exact) mass is 259 g/mol. The minimum Gasteiger partial charge on any atom is -0.285 e. The van der Waals surface area contributed by atoms with Crippen molar-refractivity contribution in [1.82, 2.24) is 5.06 Å². The van der Waals surface area contributed by atoms with E-state index in [1.165, 1.54) is 0 Å². The van der Waals surface area contributed by atoms with Crippen LogP contribution in [0.1, 0.15) is 15.9 Å². The Bertz CT molecular complexity index is 525. The van der Waals surface area contributed by atoms with Crippen molar-refractivity contribution in [3.63, 3.8) is 0 Å². The fourth-order valence-electron chi connectivity index (χ4n) is 1.58. The summed E-state index contributed by atoms with van der Waals surface area (Å²) in [5.74, 6) is -0.412. The first-order valence-electron chi connectivity index (χ1n) is 5.50. The van der Waals surface area contributed by atoms with E-state index < -0.39 is 5.91 Å². The Labute approximate surface area is 111 Å². The fourth-order valence-corrected chi connectivity index (χ4v) is 1.72. The number of amides is 1. The molecule has 0 heterocycles. The molecule has 2 aromatic carbocycles. The predicted octanol–water partition coefficient (Wildman–Crippen LogP) is 3.01. The van der Waals surface area contributed by atoms with Gasteiger partial charge in [0, 0.05) is 10.5 Å². The molecule has 2 aromatic rings. The van der Waals surface area contributed by atoms with Gasteiger partial charge in [0.1, 0.15) is 0 Å². The Morgan fingerprint density at radius 1 is 1.06 bits per heavy atom. The lowest BCUT2D eigenvalue weighted by molar-refractivity contribution is -0.0648. The van der Waals surface area contributed by atoms with E-state index in [0.29, 0.717) is 10.6 Å². The number of thiol groups is 1. The molecule has 0 aliphatic carbocycles. The van der Waals surface area contributed by atoms with Crippen LogP contribution in [0, 0.1) is 0 Å². The number of hydrogen-bond donors (Lipinski definition) is 2. The number of nitrogens with zero attached hydrogens (tertiary/aromatic N) is 1. The first-order chi connectivity index (χ1) is 8.66. The van der Waals surface area contributed by atoms with E-state index in [2.05, 4.69) is 12.6 Å². The second-order valence-corrected chi connectivity index (χ2v) is 4.41. The number of carbonyl (C=O) groups excluding carboxylic acids is 1. The summed E-state index contributed by atoms with van der Waals surface area (Å²) in [6.45, 7) is 0.155. The van der Waals surface area contributed by atoms with Gasteiger partial charge in [-0.3, -0.25) is 10.0 Å². The van der Waals surface area contributed by atoms with Gasteiger partial charge in [-0.15, -0.1) is 12.6 Å². The molecule has 0 atom stereocenters. The molecule has 0 spiro atoms. The molecule has 2 rings (SSSR count). The zero-order valence-corrected chi connectivity index (χ0v) is 10.5. The number of hydroxylamine groups is 2. The molecule has 0 radical (unpaired) electrons. The summed E-state index contributed by atoms with van der Waals surface area (Å²) >= 11 is 4.18. The van der Waals surface area contributed by atoms with Crippen LogP contribution in [0.2, 0.25) is 0 Å². The Morgan fingerprint density at radius 2 is 1.67 bits per heavy atom. The number of rotatable bonds is 3. The summed E-state index contributed by atoms with van der Waals surface area (Å²) in [6.07, 6.45) is 0. The van der Waals surface area contributed by atoms with Crippen LogP contribution in [0.5, 0.6) is 0 Å². The number of carbonyl (C=O) groups is 1. The lowest BCUT2D eigenvalue weighted by Gasteiger charge is -2.15. The Kier molecular flexibility index (Phi) is 4.02. The number of benzene rings is 2. The molecule has 0 fully saturated rings. The molecule has 0 saturated heterocycles. The molecule has 0 saturated carbocycles. The van der Waals surface area contributed by atoms with Crippen LogP contribution >= 0.6 is 12.6 Å². The molecule has 0 unspecified atom stereocenters. The Morgan fingerprint density at radius 3 is 2.28 bits per heavy atom. The first-order valence-corrected chi connectivity index (χ1v) is 5.95. The largest absolute Gasteiger partial charge is 0.285 e. The summed E-state index contributed by atoms with van der Waals surface area (Å²) in [5.41, 5.74) is 1.31. The molecule has 0 aliphatic heterocycles. The van der Waals surface area contributed by atoms with Crippen molar-refractivity contribution in [3.8, 4) is 0 Å². The highest BCUT2D eigenvalue weighted by molar-refractivity contribution is 7.80. The Hall–Kier alpha value is -1.78. The highest BCUT2D eigenvalue weighted by Crippen LogP contribution is 2.11. The average Bonchev–Trinajstić information content (AvgIpc) is 2.41. The molecule has 3 nitrogen and oxygen atoms in total. The summed E-state index contributed by atoms with van der Waals surface area (Å²) in [5, 5.41) is 10.5. The van der Waals surface area contributed by atoms with E-state index in [1.807, 2.05) is 30.3 Å². The van der Waals surface area contributed by atoms with Gasteiger partial charge < -0.3 is 0 Å². The molecule has 18 heavy (non-hydrogen) atoms. The average molecular weight is 259 g/mol. The highest BCUT2D eigenvalue weighted by Gasteiger charge is 2.13. The molecule has 1 N–H and O–H groups in total. The smallest absolute Gasteiger partial charge is 0.277 e. The Balaban J connectivity index is 2.06. The summed E-state index contributed by atoms with van der Waals surface area (Å²) < 4.78 is 0. The second-order valence-electron chi connectivity index (χ2n) is 3.90. The maximum atomic E-state index is 11.9. The number of hydrogen-bond acceptors (Lipinski definition) is 3. The molecule has 1 amide bonds. The van der Waals surface area contributed by atoms with Crippen molar-refractivity contribution in [2.45, 2.75) is 11.4 Å². The normalized spacial score (nSPS) is 10.1. The topological polar surface area (TPSA) is 40.5 Å². The molecule has 0 aliphatic rings. The predicted molar refractivity (Wildman–Crippen MR) is 71.8 cm³/mol. The van der Waals surface area contributed by atoms with E-state index in [9.17, 15) is 10.0 Å². The van der Waals surface area contributed by atoms with Gasteiger partial charge in [-0.05, 0) is 29.8 Å². The van der Waals surface area contributed by atoms with Crippen LogP contribution in [0.15, 0.2) is 59.5 Å². The third-order valence-corrected chi connectivity index (χ3v) is 2.82. The SMILES string of the molecule is O=C(c1ccccc1)N(O)Cc1ccc(S)cc1. The zero-order chi connectivity index (χ0) is 13.0. The van der Waals surface area contributed by atoms with Gasteiger partial charge in [-0.1, -0.05) is 30.3 Å². The van der Waals surface area contributed by atoms with Gasteiger partial charge in [0.25, 0.3) is 5.91 Å². The second kappa shape index (κ2) is 5.71. The van der Waals surface area contributed by atoms with Crippen molar-refractivity contribution in [2.24, 2.45) is 0 Å². The van der Waals surface area contributed by atoms with Gasteiger partial charge in [0.15, 0.2) is 0 Å². The van der Waals surface area contributed by atoms with Crippen molar-refractivity contribution in [1.29, 1.82) is 0 Å². The first kappa shape index (κ1) is 12.7. The van der Waals surface area contributed by atoms with Gasteiger partial charge in [0.2, 0.25) is 0 Å². The molecule has 92 valence electrons. The van der Waals surface area contributed by atoms with Gasteiger partial charge >= 0.3 is 0 Å². The molecular weight excluding hydrogens is 246 g/mol.